The summed E-state index contributed by atoms with van der Waals surface area (Å²) in [6, 6.07) is 1.28. The van der Waals surface area contributed by atoms with Crippen LogP contribution < -0.4 is 5.32 Å². The monoisotopic (exact) mass is 331 g/mol. The maximum atomic E-state index is 12.5. The summed E-state index contributed by atoms with van der Waals surface area (Å²) in [5.41, 5.74) is 0.450. The molecule has 8 heteroatoms. The van der Waals surface area contributed by atoms with Crippen molar-refractivity contribution in [2.24, 2.45) is 5.92 Å². The number of hydrogen-bond acceptors (Lipinski definition) is 7. The third kappa shape index (κ3) is 3.76. The van der Waals surface area contributed by atoms with Gasteiger partial charge in [0.25, 0.3) is 5.91 Å². The second-order valence-electron chi connectivity index (χ2n) is 6.18. The molecule has 0 saturated carbocycles. The predicted molar refractivity (Wildman–Crippen MR) is 84.2 cm³/mol. The fourth-order valence-electron chi connectivity index (χ4n) is 2.69. The fourth-order valence-corrected chi connectivity index (χ4v) is 2.69. The molecule has 2 aromatic rings. The second-order valence-corrected chi connectivity index (χ2v) is 6.18. The Hall–Kier alpha value is -2.35. The van der Waals surface area contributed by atoms with Gasteiger partial charge < -0.3 is 14.6 Å². The number of carbonyl (C=O) groups excluding carboxylic acids is 1. The molecule has 128 valence electrons. The number of ether oxygens (including phenoxy) is 1. The van der Waals surface area contributed by atoms with Crippen LogP contribution in [0.2, 0.25) is 0 Å². The Morgan fingerprint density at radius 3 is 2.71 bits per heavy atom. The summed E-state index contributed by atoms with van der Waals surface area (Å²) >= 11 is 0. The number of nitrogens with zero attached hydrogens (tertiary/aromatic N) is 4. The van der Waals surface area contributed by atoms with Crippen LogP contribution in [0.15, 0.2) is 23.0 Å². The highest BCUT2D eigenvalue weighted by atomic mass is 16.5. The molecule has 0 unspecified atom stereocenters. The van der Waals surface area contributed by atoms with Gasteiger partial charge in [0.15, 0.2) is 5.82 Å². The minimum absolute atomic E-state index is 0.165. The molecule has 0 radical (unpaired) electrons. The zero-order valence-electron chi connectivity index (χ0n) is 13.8. The van der Waals surface area contributed by atoms with Gasteiger partial charge in [-0.05, 0) is 24.8 Å². The highest BCUT2D eigenvalue weighted by Crippen LogP contribution is 2.30. The number of aromatic nitrogens is 4. The molecule has 1 saturated heterocycles. The van der Waals surface area contributed by atoms with Crippen LogP contribution in [0, 0.1) is 5.92 Å². The van der Waals surface area contributed by atoms with Crippen LogP contribution in [0.1, 0.15) is 60.7 Å². The van der Waals surface area contributed by atoms with E-state index >= 15 is 0 Å². The van der Waals surface area contributed by atoms with E-state index in [1.807, 2.05) is 13.8 Å². The first-order valence-corrected chi connectivity index (χ1v) is 8.14. The minimum Gasteiger partial charge on any atom is -0.381 e. The Morgan fingerprint density at radius 2 is 2.08 bits per heavy atom. The largest absolute Gasteiger partial charge is 0.381 e. The molecule has 0 aromatic carbocycles. The zero-order chi connectivity index (χ0) is 16.9. The van der Waals surface area contributed by atoms with E-state index in [9.17, 15) is 4.79 Å². The van der Waals surface area contributed by atoms with E-state index in [-0.39, 0.29) is 23.8 Å². The average molecular weight is 331 g/mol. The molecule has 0 bridgehead atoms. The van der Waals surface area contributed by atoms with E-state index < -0.39 is 0 Å². The summed E-state index contributed by atoms with van der Waals surface area (Å²) in [6.07, 6.45) is 4.59. The molecule has 1 aliphatic rings. The number of nitrogens with one attached hydrogen (secondary N) is 1. The van der Waals surface area contributed by atoms with Crippen LogP contribution in [-0.2, 0) is 4.74 Å². The van der Waals surface area contributed by atoms with E-state index in [2.05, 4.69) is 25.7 Å². The Morgan fingerprint density at radius 1 is 1.29 bits per heavy atom. The Balaban J connectivity index is 1.82. The molecule has 24 heavy (non-hydrogen) atoms. The van der Waals surface area contributed by atoms with Crippen molar-refractivity contribution in [3.8, 4) is 0 Å². The molecule has 1 N–H and O–H groups in total. The first-order chi connectivity index (χ1) is 11.6. The summed E-state index contributed by atoms with van der Waals surface area (Å²) in [4.78, 5) is 17.0. The average Bonchev–Trinajstić information content (AvgIpc) is 3.11. The lowest BCUT2D eigenvalue weighted by Crippen LogP contribution is -2.36. The van der Waals surface area contributed by atoms with Crippen molar-refractivity contribution in [1.29, 1.82) is 0 Å². The zero-order valence-corrected chi connectivity index (χ0v) is 13.8. The molecular weight excluding hydrogens is 310 g/mol. The molecule has 8 nitrogen and oxygen atoms in total. The molecule has 0 aliphatic carbocycles. The summed E-state index contributed by atoms with van der Waals surface area (Å²) < 4.78 is 10.9. The molecule has 3 heterocycles. The van der Waals surface area contributed by atoms with E-state index in [0.717, 1.165) is 12.8 Å². The van der Waals surface area contributed by atoms with Gasteiger partial charge in [-0.1, -0.05) is 19.0 Å². The maximum absolute atomic E-state index is 12.5. The topological polar surface area (TPSA) is 103 Å². The van der Waals surface area contributed by atoms with Gasteiger partial charge in [0.2, 0.25) is 5.89 Å². The molecule has 1 fully saturated rings. The molecular formula is C16H21N5O3. The summed E-state index contributed by atoms with van der Waals surface area (Å²) in [6.45, 7) is 5.33. The van der Waals surface area contributed by atoms with E-state index in [1.165, 1.54) is 12.4 Å². The van der Waals surface area contributed by atoms with E-state index in [1.54, 1.807) is 6.07 Å². The van der Waals surface area contributed by atoms with Crippen molar-refractivity contribution >= 4 is 5.91 Å². The van der Waals surface area contributed by atoms with Crippen LogP contribution in [0.3, 0.4) is 0 Å². The number of amides is 1. The Labute approximate surface area is 140 Å². The first kappa shape index (κ1) is 16.5. The highest BCUT2D eigenvalue weighted by molar-refractivity contribution is 5.93. The molecule has 1 atom stereocenters. The maximum Gasteiger partial charge on any atom is 0.253 e. The lowest BCUT2D eigenvalue weighted by atomic mass is 9.91. The van der Waals surface area contributed by atoms with Crippen molar-refractivity contribution in [2.45, 2.75) is 38.6 Å². The van der Waals surface area contributed by atoms with Gasteiger partial charge in [-0.15, -0.1) is 0 Å². The van der Waals surface area contributed by atoms with Crippen LogP contribution in [0.25, 0.3) is 0 Å². The standard InChI is InChI=1S/C16H21N5O3/c1-10(2)14-20-16(24-21-14)13(11-4-7-23-8-5-11)19-15(22)12-3-6-17-18-9-12/h3,6,9-11,13H,4-5,7-8H2,1-2H3,(H,19,22)/t13-/m0/s1. The summed E-state index contributed by atoms with van der Waals surface area (Å²) in [5.74, 6) is 1.21. The van der Waals surface area contributed by atoms with Crippen molar-refractivity contribution in [2.75, 3.05) is 13.2 Å². The lowest BCUT2D eigenvalue weighted by molar-refractivity contribution is 0.0467. The minimum atomic E-state index is -0.338. The normalized spacial score (nSPS) is 17.0. The lowest BCUT2D eigenvalue weighted by Gasteiger charge is -2.28. The summed E-state index contributed by atoms with van der Waals surface area (Å²) in [7, 11) is 0. The van der Waals surface area contributed by atoms with E-state index in [4.69, 9.17) is 9.26 Å². The Bertz CT molecular complexity index is 667. The molecule has 0 spiro atoms. The first-order valence-electron chi connectivity index (χ1n) is 8.14. The Kier molecular flexibility index (Phi) is 5.14. The second kappa shape index (κ2) is 7.48. The molecule has 3 rings (SSSR count). The van der Waals surface area contributed by atoms with Gasteiger partial charge >= 0.3 is 0 Å². The van der Waals surface area contributed by atoms with Gasteiger partial charge in [0.05, 0.1) is 18.0 Å². The fraction of sp³-hybridized carbons (Fsp3) is 0.562. The molecule has 2 aromatic heterocycles. The van der Waals surface area contributed by atoms with Crippen LogP contribution >= 0.6 is 0 Å². The number of carbonyl (C=O) groups is 1. The van der Waals surface area contributed by atoms with Crippen molar-refractivity contribution in [3.05, 3.63) is 35.7 Å². The third-order valence-electron chi connectivity index (χ3n) is 4.11. The smallest absolute Gasteiger partial charge is 0.253 e. The SMILES string of the molecule is CC(C)c1noc([C@@H](NC(=O)c2ccnnc2)C2CCOCC2)n1. The number of hydrogen-bond donors (Lipinski definition) is 1. The van der Waals surface area contributed by atoms with Gasteiger partial charge in [-0.3, -0.25) is 4.79 Å². The van der Waals surface area contributed by atoms with Crippen LogP contribution in [0.5, 0.6) is 0 Å². The van der Waals surface area contributed by atoms with Crippen LogP contribution in [-0.4, -0.2) is 39.5 Å². The third-order valence-corrected chi connectivity index (χ3v) is 4.11. The van der Waals surface area contributed by atoms with Crippen LogP contribution in [0.4, 0.5) is 0 Å². The van der Waals surface area contributed by atoms with Gasteiger partial charge in [-0.25, -0.2) is 0 Å². The van der Waals surface area contributed by atoms with Crippen molar-refractivity contribution < 1.29 is 14.1 Å². The van der Waals surface area contributed by atoms with Crippen molar-refractivity contribution in [3.63, 3.8) is 0 Å². The quantitative estimate of drug-likeness (QED) is 0.892. The van der Waals surface area contributed by atoms with E-state index in [0.29, 0.717) is 30.5 Å². The van der Waals surface area contributed by atoms with Gasteiger partial charge in [0, 0.05) is 19.1 Å². The van der Waals surface area contributed by atoms with Gasteiger partial charge in [-0.2, -0.15) is 15.2 Å². The van der Waals surface area contributed by atoms with Gasteiger partial charge in [0.1, 0.15) is 6.04 Å². The molecule has 1 amide bonds. The summed E-state index contributed by atoms with van der Waals surface area (Å²) in [5, 5.41) is 14.5. The number of rotatable bonds is 5. The highest BCUT2D eigenvalue weighted by Gasteiger charge is 2.32. The molecule has 1 aliphatic heterocycles. The van der Waals surface area contributed by atoms with Crippen molar-refractivity contribution in [1.82, 2.24) is 25.7 Å². The predicted octanol–water partition coefficient (Wildman–Crippen LogP) is 1.88.